The molecule has 6 nitrogen and oxygen atoms in total. The Kier molecular flexibility index (Phi) is 3.85. The maximum atomic E-state index is 12.4. The lowest BCUT2D eigenvalue weighted by atomic mass is 10.1. The van der Waals surface area contributed by atoms with Gasteiger partial charge < -0.3 is 5.32 Å². The van der Waals surface area contributed by atoms with Gasteiger partial charge in [0.1, 0.15) is 5.82 Å². The maximum absolute atomic E-state index is 12.4. The third-order valence-electron chi connectivity index (χ3n) is 3.22. The number of benzene rings is 1. The van der Waals surface area contributed by atoms with Crippen molar-refractivity contribution < 1.29 is 4.79 Å². The zero-order chi connectivity index (χ0) is 16.2. The second-order valence-electron chi connectivity index (χ2n) is 4.91. The summed E-state index contributed by atoms with van der Waals surface area (Å²) in [5.41, 5.74) is 1.75. The van der Waals surface area contributed by atoms with Gasteiger partial charge in [0.15, 0.2) is 5.82 Å². The van der Waals surface area contributed by atoms with E-state index in [2.05, 4.69) is 15.4 Å². The van der Waals surface area contributed by atoms with E-state index in [4.69, 9.17) is 5.26 Å². The average Bonchev–Trinajstić information content (AvgIpc) is 2.96. The Morgan fingerprint density at radius 3 is 2.65 bits per heavy atom. The van der Waals surface area contributed by atoms with Crippen LogP contribution in [0.25, 0.3) is 5.82 Å². The van der Waals surface area contributed by atoms with Crippen LogP contribution in [0.15, 0.2) is 54.7 Å². The number of hydrogen-bond donors (Lipinski definition) is 1. The molecule has 3 rings (SSSR count). The summed E-state index contributed by atoms with van der Waals surface area (Å²) in [5, 5.41) is 16.0. The minimum absolute atomic E-state index is 0.272. The van der Waals surface area contributed by atoms with Crippen molar-refractivity contribution in [2.45, 2.75) is 6.92 Å². The van der Waals surface area contributed by atoms with Gasteiger partial charge in [0, 0.05) is 17.8 Å². The molecule has 0 fully saturated rings. The molecule has 112 valence electrons. The number of nitrogens with zero attached hydrogens (tertiary/aromatic N) is 4. The first-order chi connectivity index (χ1) is 11.2. The van der Waals surface area contributed by atoms with Crippen molar-refractivity contribution in [3.63, 3.8) is 0 Å². The van der Waals surface area contributed by atoms with Crippen LogP contribution in [0.2, 0.25) is 0 Å². The third kappa shape index (κ3) is 3.09. The highest BCUT2D eigenvalue weighted by Crippen LogP contribution is 2.16. The fourth-order valence-electron chi connectivity index (χ4n) is 2.13. The van der Waals surface area contributed by atoms with E-state index in [1.165, 1.54) is 0 Å². The van der Waals surface area contributed by atoms with Crippen molar-refractivity contribution in [2.24, 2.45) is 0 Å². The topological polar surface area (TPSA) is 83.6 Å². The number of aromatic nitrogens is 3. The Bertz CT molecular complexity index is 876. The van der Waals surface area contributed by atoms with Crippen LogP contribution in [0.4, 0.5) is 5.82 Å². The summed E-state index contributed by atoms with van der Waals surface area (Å²) in [5.74, 6) is 0.887. The second kappa shape index (κ2) is 6.12. The van der Waals surface area contributed by atoms with Gasteiger partial charge in [-0.15, -0.1) is 0 Å². The first-order valence-corrected chi connectivity index (χ1v) is 6.97. The Balaban J connectivity index is 1.88. The number of carbonyl (C=O) groups excluding carboxylic acids is 1. The Morgan fingerprint density at radius 2 is 2.00 bits per heavy atom. The molecule has 0 saturated heterocycles. The molecule has 0 spiro atoms. The van der Waals surface area contributed by atoms with Crippen LogP contribution >= 0.6 is 0 Å². The predicted molar refractivity (Wildman–Crippen MR) is 85.2 cm³/mol. The molecule has 0 saturated carbocycles. The van der Waals surface area contributed by atoms with Gasteiger partial charge in [0.05, 0.1) is 17.3 Å². The standard InChI is InChI=1S/C17H13N5O/c1-12-10-16(22(21-12)15-4-2-3-9-19-15)20-17(23)14-7-5-13(11-18)6-8-14/h2-10H,1H3,(H,20,23). The third-order valence-corrected chi connectivity index (χ3v) is 3.22. The molecule has 6 heteroatoms. The summed E-state index contributed by atoms with van der Waals surface area (Å²) in [6.07, 6.45) is 1.67. The van der Waals surface area contributed by atoms with E-state index in [1.807, 2.05) is 31.2 Å². The molecule has 0 unspecified atom stereocenters. The zero-order valence-corrected chi connectivity index (χ0v) is 12.4. The van der Waals surface area contributed by atoms with Crippen molar-refractivity contribution in [1.29, 1.82) is 5.26 Å². The number of pyridine rings is 1. The fraction of sp³-hybridized carbons (Fsp3) is 0.0588. The molecule has 1 amide bonds. The van der Waals surface area contributed by atoms with Crippen molar-refractivity contribution in [2.75, 3.05) is 5.32 Å². The van der Waals surface area contributed by atoms with E-state index in [-0.39, 0.29) is 5.91 Å². The zero-order valence-electron chi connectivity index (χ0n) is 12.4. The predicted octanol–water partition coefficient (Wildman–Crippen LogP) is 2.70. The monoisotopic (exact) mass is 303 g/mol. The molecule has 0 radical (unpaired) electrons. The quantitative estimate of drug-likeness (QED) is 0.806. The molecule has 23 heavy (non-hydrogen) atoms. The molecule has 1 aromatic carbocycles. The van der Waals surface area contributed by atoms with E-state index in [0.717, 1.165) is 5.69 Å². The summed E-state index contributed by atoms with van der Waals surface area (Å²) in [7, 11) is 0. The van der Waals surface area contributed by atoms with Gasteiger partial charge in [-0.2, -0.15) is 15.0 Å². The van der Waals surface area contributed by atoms with E-state index >= 15 is 0 Å². The SMILES string of the molecule is Cc1cc(NC(=O)c2ccc(C#N)cc2)n(-c2ccccn2)n1. The normalized spacial score (nSPS) is 10.1. The molecule has 0 atom stereocenters. The maximum Gasteiger partial charge on any atom is 0.256 e. The van der Waals surface area contributed by atoms with Crippen molar-refractivity contribution in [3.8, 4) is 11.9 Å². The number of amides is 1. The Morgan fingerprint density at radius 1 is 1.22 bits per heavy atom. The smallest absolute Gasteiger partial charge is 0.256 e. The highest BCUT2D eigenvalue weighted by Gasteiger charge is 2.13. The van der Waals surface area contributed by atoms with Gasteiger partial charge in [-0.05, 0) is 43.3 Å². The highest BCUT2D eigenvalue weighted by atomic mass is 16.1. The molecule has 2 heterocycles. The second-order valence-corrected chi connectivity index (χ2v) is 4.91. The highest BCUT2D eigenvalue weighted by molar-refractivity contribution is 6.04. The molecular formula is C17H13N5O. The van der Waals surface area contributed by atoms with Crippen LogP contribution in [0.3, 0.4) is 0 Å². The van der Waals surface area contributed by atoms with E-state index < -0.39 is 0 Å². The number of hydrogen-bond acceptors (Lipinski definition) is 4. The number of carbonyl (C=O) groups is 1. The molecule has 0 aliphatic carbocycles. The summed E-state index contributed by atoms with van der Waals surface area (Å²) >= 11 is 0. The number of rotatable bonds is 3. The Hall–Kier alpha value is -3.46. The van der Waals surface area contributed by atoms with Crippen LogP contribution in [-0.4, -0.2) is 20.7 Å². The minimum atomic E-state index is -0.272. The number of nitriles is 1. The summed E-state index contributed by atoms with van der Waals surface area (Å²) in [4.78, 5) is 16.6. The van der Waals surface area contributed by atoms with E-state index in [1.54, 1.807) is 41.2 Å². The van der Waals surface area contributed by atoms with Gasteiger partial charge in [-0.3, -0.25) is 4.79 Å². The van der Waals surface area contributed by atoms with Crippen molar-refractivity contribution in [1.82, 2.24) is 14.8 Å². The van der Waals surface area contributed by atoms with Crippen LogP contribution in [0.1, 0.15) is 21.6 Å². The lowest BCUT2D eigenvalue weighted by Crippen LogP contribution is -2.15. The Labute approximate surface area is 133 Å². The number of aryl methyl sites for hydroxylation is 1. The molecule has 3 aromatic rings. The van der Waals surface area contributed by atoms with Crippen LogP contribution < -0.4 is 5.32 Å². The summed E-state index contributed by atoms with van der Waals surface area (Å²) in [6.45, 7) is 1.84. The van der Waals surface area contributed by atoms with Gasteiger partial charge in [-0.1, -0.05) is 6.07 Å². The number of anilines is 1. The van der Waals surface area contributed by atoms with Gasteiger partial charge >= 0.3 is 0 Å². The van der Waals surface area contributed by atoms with Gasteiger partial charge in [0.25, 0.3) is 5.91 Å². The fourth-order valence-corrected chi connectivity index (χ4v) is 2.13. The number of nitrogens with one attached hydrogen (secondary N) is 1. The largest absolute Gasteiger partial charge is 0.306 e. The molecule has 1 N–H and O–H groups in total. The summed E-state index contributed by atoms with van der Waals surface area (Å²) in [6, 6.07) is 15.7. The lowest BCUT2D eigenvalue weighted by molar-refractivity contribution is 0.102. The van der Waals surface area contributed by atoms with Crippen LogP contribution in [0, 0.1) is 18.3 Å². The molecule has 2 aromatic heterocycles. The van der Waals surface area contributed by atoms with E-state index in [9.17, 15) is 4.79 Å². The molecule has 0 aliphatic rings. The summed E-state index contributed by atoms with van der Waals surface area (Å²) < 4.78 is 1.58. The lowest BCUT2D eigenvalue weighted by Gasteiger charge is -2.08. The first kappa shape index (κ1) is 14.5. The van der Waals surface area contributed by atoms with Crippen molar-refractivity contribution in [3.05, 3.63) is 71.5 Å². The average molecular weight is 303 g/mol. The van der Waals surface area contributed by atoms with E-state index in [0.29, 0.717) is 22.8 Å². The van der Waals surface area contributed by atoms with Gasteiger partial charge in [-0.25, -0.2) is 4.98 Å². The molecule has 0 aliphatic heterocycles. The first-order valence-electron chi connectivity index (χ1n) is 6.97. The van der Waals surface area contributed by atoms with Crippen molar-refractivity contribution >= 4 is 11.7 Å². The molecular weight excluding hydrogens is 290 g/mol. The van der Waals surface area contributed by atoms with Crippen LogP contribution in [0.5, 0.6) is 0 Å². The van der Waals surface area contributed by atoms with Crippen LogP contribution in [-0.2, 0) is 0 Å². The van der Waals surface area contributed by atoms with Gasteiger partial charge in [0.2, 0.25) is 0 Å². The molecule has 0 bridgehead atoms. The minimum Gasteiger partial charge on any atom is -0.306 e.